The molecular formula is C15H15Cl2NO2. The van der Waals surface area contributed by atoms with Crippen LogP contribution in [0, 0.1) is 0 Å². The van der Waals surface area contributed by atoms with E-state index in [1.807, 2.05) is 24.3 Å². The number of methoxy groups -OCH3 is 1. The van der Waals surface area contributed by atoms with E-state index in [2.05, 4.69) is 0 Å². The smallest absolute Gasteiger partial charge is 0.151 e. The van der Waals surface area contributed by atoms with Crippen molar-refractivity contribution in [3.8, 4) is 11.5 Å². The fourth-order valence-corrected chi connectivity index (χ4v) is 2.03. The van der Waals surface area contributed by atoms with Crippen LogP contribution in [0.5, 0.6) is 11.5 Å². The zero-order chi connectivity index (χ0) is 14.5. The molecule has 0 aliphatic rings. The van der Waals surface area contributed by atoms with Gasteiger partial charge in [-0.1, -0.05) is 35.3 Å². The van der Waals surface area contributed by atoms with E-state index in [1.165, 1.54) is 5.56 Å². The topological polar surface area (TPSA) is 44.5 Å². The summed E-state index contributed by atoms with van der Waals surface area (Å²) in [6.07, 6.45) is 0.867. The molecule has 0 aliphatic carbocycles. The molecule has 0 saturated carbocycles. The van der Waals surface area contributed by atoms with Gasteiger partial charge in [0.05, 0.1) is 22.3 Å². The van der Waals surface area contributed by atoms with Crippen molar-refractivity contribution in [2.75, 3.05) is 19.5 Å². The minimum absolute atomic E-state index is 0.409. The monoisotopic (exact) mass is 311 g/mol. The maximum Gasteiger partial charge on any atom is 0.151 e. The number of hydrogen-bond donors (Lipinski definition) is 1. The summed E-state index contributed by atoms with van der Waals surface area (Å²) in [5.41, 5.74) is 7.48. The summed E-state index contributed by atoms with van der Waals surface area (Å²) in [7, 11) is 1.69. The van der Waals surface area contributed by atoms with Crippen LogP contribution in [-0.4, -0.2) is 13.7 Å². The second-order valence-corrected chi connectivity index (χ2v) is 5.11. The van der Waals surface area contributed by atoms with Crippen LogP contribution >= 0.6 is 23.2 Å². The summed E-state index contributed by atoms with van der Waals surface area (Å²) in [5.74, 6) is 1.18. The van der Waals surface area contributed by atoms with Gasteiger partial charge in [0, 0.05) is 13.2 Å². The number of ether oxygens (including phenoxy) is 2. The summed E-state index contributed by atoms with van der Waals surface area (Å²) in [4.78, 5) is 0. The molecule has 20 heavy (non-hydrogen) atoms. The molecule has 2 aromatic carbocycles. The van der Waals surface area contributed by atoms with Crippen LogP contribution in [0.3, 0.4) is 0 Å². The van der Waals surface area contributed by atoms with Gasteiger partial charge in [0.1, 0.15) is 5.75 Å². The molecule has 0 bridgehead atoms. The Labute approximate surface area is 128 Å². The number of nitrogen functional groups attached to an aromatic ring is 1. The van der Waals surface area contributed by atoms with Crippen molar-refractivity contribution in [2.45, 2.75) is 6.42 Å². The van der Waals surface area contributed by atoms with Crippen molar-refractivity contribution in [3.63, 3.8) is 0 Å². The van der Waals surface area contributed by atoms with Gasteiger partial charge in [0.15, 0.2) is 5.75 Å². The van der Waals surface area contributed by atoms with Crippen LogP contribution in [0.4, 0.5) is 5.69 Å². The first-order chi connectivity index (χ1) is 9.60. The van der Waals surface area contributed by atoms with E-state index in [1.54, 1.807) is 19.2 Å². The zero-order valence-corrected chi connectivity index (χ0v) is 12.5. The largest absolute Gasteiger partial charge is 0.455 e. The van der Waals surface area contributed by atoms with Crippen molar-refractivity contribution >= 4 is 28.9 Å². The van der Waals surface area contributed by atoms with Crippen molar-refractivity contribution in [2.24, 2.45) is 0 Å². The van der Waals surface area contributed by atoms with E-state index in [0.717, 1.165) is 6.42 Å². The lowest BCUT2D eigenvalue weighted by Gasteiger charge is -2.10. The molecule has 2 N–H and O–H groups in total. The van der Waals surface area contributed by atoms with Crippen molar-refractivity contribution in [1.82, 2.24) is 0 Å². The average Bonchev–Trinajstić information content (AvgIpc) is 2.44. The van der Waals surface area contributed by atoms with E-state index in [9.17, 15) is 0 Å². The molecule has 106 valence electrons. The van der Waals surface area contributed by atoms with Gasteiger partial charge in [-0.05, 0) is 30.2 Å². The Morgan fingerprint density at radius 1 is 1.05 bits per heavy atom. The van der Waals surface area contributed by atoms with E-state index < -0.39 is 0 Å². The predicted octanol–water partition coefficient (Wildman–Crippen LogP) is 4.56. The Balaban J connectivity index is 2.12. The fraction of sp³-hybridized carbons (Fsp3) is 0.200. The van der Waals surface area contributed by atoms with Gasteiger partial charge in [0.25, 0.3) is 0 Å². The first kappa shape index (κ1) is 15.0. The molecule has 3 nitrogen and oxygen atoms in total. The van der Waals surface area contributed by atoms with Gasteiger partial charge in [-0.15, -0.1) is 0 Å². The van der Waals surface area contributed by atoms with E-state index in [4.69, 9.17) is 38.4 Å². The lowest BCUT2D eigenvalue weighted by Crippen LogP contribution is -1.95. The van der Waals surface area contributed by atoms with Gasteiger partial charge < -0.3 is 15.2 Å². The van der Waals surface area contributed by atoms with Gasteiger partial charge in [0.2, 0.25) is 0 Å². The Morgan fingerprint density at radius 2 is 1.70 bits per heavy atom. The molecule has 2 aromatic rings. The Morgan fingerprint density at radius 3 is 2.35 bits per heavy atom. The summed E-state index contributed by atoms with van der Waals surface area (Å²) in [6.45, 7) is 0.694. The SMILES string of the molecule is COCCc1ccc(Oc2cc(Cl)c(Cl)cc2N)cc1. The minimum atomic E-state index is 0.409. The molecular weight excluding hydrogens is 297 g/mol. The average molecular weight is 312 g/mol. The van der Waals surface area contributed by atoms with Crippen molar-refractivity contribution in [1.29, 1.82) is 0 Å². The van der Waals surface area contributed by atoms with Crippen LogP contribution in [0.2, 0.25) is 10.0 Å². The zero-order valence-electron chi connectivity index (χ0n) is 11.0. The highest BCUT2D eigenvalue weighted by molar-refractivity contribution is 6.42. The molecule has 0 fully saturated rings. The molecule has 0 spiro atoms. The molecule has 0 atom stereocenters. The molecule has 5 heteroatoms. The summed E-state index contributed by atoms with van der Waals surface area (Å²) < 4.78 is 10.7. The molecule has 0 aliphatic heterocycles. The highest BCUT2D eigenvalue weighted by Gasteiger charge is 2.07. The van der Waals surface area contributed by atoms with E-state index >= 15 is 0 Å². The Hall–Kier alpha value is -1.42. The highest BCUT2D eigenvalue weighted by Crippen LogP contribution is 2.35. The second-order valence-electron chi connectivity index (χ2n) is 4.29. The third-order valence-corrected chi connectivity index (χ3v) is 3.52. The summed E-state index contributed by atoms with van der Waals surface area (Å²) >= 11 is 11.8. The lowest BCUT2D eigenvalue weighted by atomic mass is 10.1. The van der Waals surface area contributed by atoms with Crippen LogP contribution in [-0.2, 0) is 11.2 Å². The maximum absolute atomic E-state index is 5.95. The van der Waals surface area contributed by atoms with Gasteiger partial charge in [-0.2, -0.15) is 0 Å². The third kappa shape index (κ3) is 3.79. The predicted molar refractivity (Wildman–Crippen MR) is 83.0 cm³/mol. The fourth-order valence-electron chi connectivity index (χ4n) is 1.70. The third-order valence-electron chi connectivity index (χ3n) is 2.80. The van der Waals surface area contributed by atoms with E-state index in [0.29, 0.717) is 33.8 Å². The number of rotatable bonds is 5. The van der Waals surface area contributed by atoms with Crippen molar-refractivity contribution in [3.05, 3.63) is 52.0 Å². The van der Waals surface area contributed by atoms with Gasteiger partial charge in [-0.25, -0.2) is 0 Å². The standard InChI is InChI=1S/C15H15Cl2NO2/c1-19-7-6-10-2-4-11(5-3-10)20-15-9-13(17)12(16)8-14(15)18/h2-5,8-9H,6-7,18H2,1H3. The van der Waals surface area contributed by atoms with Crippen LogP contribution in [0.25, 0.3) is 0 Å². The van der Waals surface area contributed by atoms with Gasteiger partial charge in [-0.3, -0.25) is 0 Å². The first-order valence-electron chi connectivity index (χ1n) is 6.10. The molecule has 0 radical (unpaired) electrons. The van der Waals surface area contributed by atoms with Crippen LogP contribution in [0.1, 0.15) is 5.56 Å². The number of hydrogen-bond acceptors (Lipinski definition) is 3. The summed E-state index contributed by atoms with van der Waals surface area (Å²) in [5, 5.41) is 0.819. The first-order valence-corrected chi connectivity index (χ1v) is 6.86. The number of halogens is 2. The lowest BCUT2D eigenvalue weighted by molar-refractivity contribution is 0.202. The van der Waals surface area contributed by atoms with Gasteiger partial charge >= 0.3 is 0 Å². The normalized spacial score (nSPS) is 10.6. The Kier molecular flexibility index (Phi) is 5.12. The quantitative estimate of drug-likeness (QED) is 0.823. The molecule has 0 unspecified atom stereocenters. The van der Waals surface area contributed by atoms with Crippen LogP contribution < -0.4 is 10.5 Å². The second kappa shape index (κ2) is 6.84. The van der Waals surface area contributed by atoms with Crippen LogP contribution in [0.15, 0.2) is 36.4 Å². The molecule has 0 saturated heterocycles. The molecule has 0 amide bonds. The molecule has 0 heterocycles. The maximum atomic E-state index is 5.95. The number of nitrogens with two attached hydrogens (primary N) is 1. The highest BCUT2D eigenvalue weighted by atomic mass is 35.5. The minimum Gasteiger partial charge on any atom is -0.455 e. The molecule has 2 rings (SSSR count). The molecule has 0 aromatic heterocycles. The summed E-state index contributed by atoms with van der Waals surface area (Å²) in [6, 6.07) is 10.9. The number of benzene rings is 2. The number of anilines is 1. The Bertz CT molecular complexity index is 585. The van der Waals surface area contributed by atoms with Crippen molar-refractivity contribution < 1.29 is 9.47 Å². The van der Waals surface area contributed by atoms with E-state index in [-0.39, 0.29) is 0 Å².